The molecule has 0 radical (unpaired) electrons. The molecule has 8 atom stereocenters. The molecular weight excluding hydrogens is 380 g/mol. The van der Waals surface area contributed by atoms with E-state index in [2.05, 4.69) is 58.0 Å². The van der Waals surface area contributed by atoms with Gasteiger partial charge in [-0.3, -0.25) is 0 Å². The van der Waals surface area contributed by atoms with Crippen molar-refractivity contribution in [3.05, 3.63) is 41.0 Å². The highest BCUT2D eigenvalue weighted by Crippen LogP contribution is 2.67. The average Bonchev–Trinajstić information content (AvgIpc) is 2.99. The summed E-state index contributed by atoms with van der Waals surface area (Å²) < 4.78 is 0. The molecule has 4 aliphatic rings. The Kier molecular flexibility index (Phi) is 5.42. The molecule has 0 amide bonds. The lowest BCUT2D eigenvalue weighted by atomic mass is 9.45. The molecule has 0 bridgehead atoms. The van der Waals surface area contributed by atoms with E-state index < -0.39 is 0 Å². The van der Waals surface area contributed by atoms with E-state index in [0.717, 1.165) is 37.5 Å². The standard InChI is InChI=1S/C29H42O2/c1-18(2)20-7-5-19(6-8-20)15-21-16-26-24-10-9-22-17-23(30)11-13-28(22,3)25(24)12-14-29(26,4)27(21)31/h5-8,15,18,22-27,30-31H,9-14,16-17H2,1-4H3/b21-15+/t22-,23+,24+,25-,26-,27+,28-,29-/m0/s1. The molecule has 4 fully saturated rings. The van der Waals surface area contributed by atoms with Gasteiger partial charge < -0.3 is 10.2 Å². The lowest BCUT2D eigenvalue weighted by molar-refractivity contribution is -0.133. The number of hydrogen-bond donors (Lipinski definition) is 2. The monoisotopic (exact) mass is 422 g/mol. The zero-order valence-corrected chi connectivity index (χ0v) is 20.0. The van der Waals surface area contributed by atoms with Gasteiger partial charge in [0.15, 0.2) is 0 Å². The van der Waals surface area contributed by atoms with E-state index in [4.69, 9.17) is 0 Å². The zero-order valence-electron chi connectivity index (χ0n) is 20.0. The summed E-state index contributed by atoms with van der Waals surface area (Å²) in [7, 11) is 0. The van der Waals surface area contributed by atoms with Gasteiger partial charge in [0.25, 0.3) is 0 Å². The molecule has 4 aliphatic carbocycles. The number of aliphatic hydroxyl groups excluding tert-OH is 2. The minimum Gasteiger partial charge on any atom is -0.393 e. The topological polar surface area (TPSA) is 40.5 Å². The number of aliphatic hydroxyl groups is 2. The molecule has 2 heteroatoms. The smallest absolute Gasteiger partial charge is 0.0809 e. The third kappa shape index (κ3) is 3.44. The zero-order chi connectivity index (χ0) is 22.0. The van der Waals surface area contributed by atoms with Crippen LogP contribution in [0.15, 0.2) is 29.8 Å². The van der Waals surface area contributed by atoms with Crippen LogP contribution in [-0.2, 0) is 0 Å². The molecule has 0 spiro atoms. The first-order valence-electron chi connectivity index (χ1n) is 12.9. The van der Waals surface area contributed by atoms with Crippen LogP contribution in [0.2, 0.25) is 0 Å². The van der Waals surface area contributed by atoms with E-state index in [1.54, 1.807) is 0 Å². The normalized spacial score (nSPS) is 46.0. The lowest BCUT2D eigenvalue weighted by Gasteiger charge is -2.60. The number of fused-ring (bicyclic) bond motifs is 5. The molecule has 1 aromatic rings. The molecule has 5 rings (SSSR count). The Balaban J connectivity index is 1.40. The molecule has 0 heterocycles. The van der Waals surface area contributed by atoms with Crippen LogP contribution < -0.4 is 0 Å². The van der Waals surface area contributed by atoms with Gasteiger partial charge in [-0.05, 0) is 103 Å². The summed E-state index contributed by atoms with van der Waals surface area (Å²) in [6, 6.07) is 8.93. The largest absolute Gasteiger partial charge is 0.393 e. The maximum atomic E-state index is 11.5. The second-order valence-electron chi connectivity index (χ2n) is 12.3. The third-order valence-electron chi connectivity index (χ3n) is 10.5. The molecule has 31 heavy (non-hydrogen) atoms. The van der Waals surface area contributed by atoms with Crippen molar-refractivity contribution in [1.29, 1.82) is 0 Å². The number of benzene rings is 1. The fourth-order valence-electron chi connectivity index (χ4n) is 8.43. The minimum absolute atomic E-state index is 0.0300. The predicted molar refractivity (Wildman–Crippen MR) is 128 cm³/mol. The summed E-state index contributed by atoms with van der Waals surface area (Å²) in [6.45, 7) is 9.39. The first kappa shape index (κ1) is 21.7. The van der Waals surface area contributed by atoms with Crippen LogP contribution >= 0.6 is 0 Å². The summed E-state index contributed by atoms with van der Waals surface area (Å²) in [5, 5.41) is 21.7. The van der Waals surface area contributed by atoms with Crippen LogP contribution in [0.4, 0.5) is 0 Å². The first-order valence-corrected chi connectivity index (χ1v) is 12.9. The average molecular weight is 423 g/mol. The molecule has 170 valence electrons. The van der Waals surface area contributed by atoms with Crippen LogP contribution in [0.5, 0.6) is 0 Å². The summed E-state index contributed by atoms with van der Waals surface area (Å²) in [4.78, 5) is 0. The lowest BCUT2D eigenvalue weighted by Crippen LogP contribution is -2.54. The molecule has 0 aliphatic heterocycles. The van der Waals surface area contributed by atoms with E-state index in [1.165, 1.54) is 42.4 Å². The number of rotatable bonds is 2. The van der Waals surface area contributed by atoms with Gasteiger partial charge in [0.1, 0.15) is 0 Å². The number of hydrogen-bond acceptors (Lipinski definition) is 2. The van der Waals surface area contributed by atoms with Crippen LogP contribution in [0.1, 0.15) is 96.1 Å². The summed E-state index contributed by atoms with van der Waals surface area (Å²) in [6.07, 6.45) is 11.1. The Morgan fingerprint density at radius 1 is 0.903 bits per heavy atom. The highest BCUT2D eigenvalue weighted by Gasteiger charge is 2.61. The summed E-state index contributed by atoms with van der Waals surface area (Å²) in [5.74, 6) is 3.36. The quantitative estimate of drug-likeness (QED) is 0.566. The van der Waals surface area contributed by atoms with Gasteiger partial charge in [0.2, 0.25) is 0 Å². The Morgan fingerprint density at radius 2 is 1.61 bits per heavy atom. The van der Waals surface area contributed by atoms with Crippen molar-refractivity contribution in [1.82, 2.24) is 0 Å². The Bertz CT molecular complexity index is 839. The van der Waals surface area contributed by atoms with Crippen molar-refractivity contribution in [2.24, 2.45) is 34.5 Å². The molecular formula is C29H42O2. The third-order valence-corrected chi connectivity index (χ3v) is 10.5. The minimum atomic E-state index is -0.304. The van der Waals surface area contributed by atoms with E-state index in [9.17, 15) is 10.2 Å². The van der Waals surface area contributed by atoms with Crippen molar-refractivity contribution in [3.8, 4) is 0 Å². The van der Waals surface area contributed by atoms with Gasteiger partial charge in [-0.1, -0.05) is 58.0 Å². The van der Waals surface area contributed by atoms with E-state index in [1.807, 2.05) is 0 Å². The van der Waals surface area contributed by atoms with E-state index in [0.29, 0.717) is 23.2 Å². The van der Waals surface area contributed by atoms with Crippen molar-refractivity contribution < 1.29 is 10.2 Å². The summed E-state index contributed by atoms with van der Waals surface area (Å²) >= 11 is 0. The fraction of sp³-hybridized carbons (Fsp3) is 0.724. The van der Waals surface area contributed by atoms with Crippen LogP contribution in [-0.4, -0.2) is 22.4 Å². The van der Waals surface area contributed by atoms with Crippen LogP contribution in [0.25, 0.3) is 6.08 Å². The first-order chi connectivity index (χ1) is 14.7. The second kappa shape index (κ2) is 7.73. The SMILES string of the molecule is CC(C)c1ccc(/C=C2\C[C@H]3[C@@H]4CC[C@H]5C[C@H](O)CC[C@]5(C)[C@H]4CC[C@]3(C)[C@@H]2O)cc1. The van der Waals surface area contributed by atoms with Crippen molar-refractivity contribution in [2.45, 2.75) is 97.2 Å². The summed E-state index contributed by atoms with van der Waals surface area (Å²) in [5.41, 5.74) is 4.29. The molecule has 1 aromatic carbocycles. The molecule has 0 aromatic heterocycles. The van der Waals surface area contributed by atoms with Gasteiger partial charge in [-0.15, -0.1) is 0 Å². The maximum absolute atomic E-state index is 11.5. The van der Waals surface area contributed by atoms with Crippen molar-refractivity contribution in [3.63, 3.8) is 0 Å². The Morgan fingerprint density at radius 3 is 2.32 bits per heavy atom. The molecule has 0 saturated heterocycles. The second-order valence-corrected chi connectivity index (χ2v) is 12.3. The van der Waals surface area contributed by atoms with Crippen molar-refractivity contribution in [2.75, 3.05) is 0 Å². The Hall–Kier alpha value is -1.12. The van der Waals surface area contributed by atoms with Gasteiger partial charge in [-0.25, -0.2) is 0 Å². The van der Waals surface area contributed by atoms with Gasteiger partial charge in [0.05, 0.1) is 12.2 Å². The van der Waals surface area contributed by atoms with E-state index >= 15 is 0 Å². The van der Waals surface area contributed by atoms with Gasteiger partial charge >= 0.3 is 0 Å². The molecule has 2 N–H and O–H groups in total. The van der Waals surface area contributed by atoms with E-state index in [-0.39, 0.29) is 17.6 Å². The highest BCUT2D eigenvalue weighted by atomic mass is 16.3. The Labute approximate surface area is 189 Å². The molecule has 4 saturated carbocycles. The predicted octanol–water partition coefficient (Wildman–Crippen LogP) is 6.57. The fourth-order valence-corrected chi connectivity index (χ4v) is 8.43. The van der Waals surface area contributed by atoms with Crippen LogP contribution in [0.3, 0.4) is 0 Å². The maximum Gasteiger partial charge on any atom is 0.0809 e. The molecule has 0 unspecified atom stereocenters. The van der Waals surface area contributed by atoms with Crippen molar-refractivity contribution >= 4 is 6.08 Å². The molecule has 2 nitrogen and oxygen atoms in total. The highest BCUT2D eigenvalue weighted by molar-refractivity contribution is 5.56. The van der Waals surface area contributed by atoms with Gasteiger partial charge in [-0.2, -0.15) is 0 Å². The van der Waals surface area contributed by atoms with Crippen LogP contribution in [0, 0.1) is 34.5 Å². The van der Waals surface area contributed by atoms with Gasteiger partial charge in [0, 0.05) is 5.41 Å².